The summed E-state index contributed by atoms with van der Waals surface area (Å²) in [6, 6.07) is 5.26. The molecule has 0 aliphatic carbocycles. The van der Waals surface area contributed by atoms with E-state index in [-0.39, 0.29) is 23.7 Å². The van der Waals surface area contributed by atoms with Gasteiger partial charge in [-0.25, -0.2) is 0 Å². The summed E-state index contributed by atoms with van der Waals surface area (Å²) in [5, 5.41) is 0. The van der Waals surface area contributed by atoms with Gasteiger partial charge in [-0.3, -0.25) is 4.79 Å². The molecule has 1 aliphatic heterocycles. The molecule has 0 bridgehead atoms. The molecule has 1 fully saturated rings. The Kier molecular flexibility index (Phi) is 5.87. The van der Waals surface area contributed by atoms with Crippen molar-refractivity contribution in [3.05, 3.63) is 23.8 Å². The summed E-state index contributed by atoms with van der Waals surface area (Å²) < 4.78 is 10.5. The third kappa shape index (κ3) is 3.60. The van der Waals surface area contributed by atoms with Crippen LogP contribution in [-0.4, -0.2) is 44.7 Å². The first-order chi connectivity index (χ1) is 9.53. The van der Waals surface area contributed by atoms with E-state index in [2.05, 4.69) is 6.92 Å². The zero-order valence-electron chi connectivity index (χ0n) is 12.7. The molecule has 1 unspecified atom stereocenters. The molecule has 1 heterocycles. The maximum Gasteiger partial charge on any atom is 0.257 e. The van der Waals surface area contributed by atoms with Gasteiger partial charge in [-0.2, -0.15) is 0 Å². The monoisotopic (exact) mass is 314 g/mol. The van der Waals surface area contributed by atoms with E-state index in [9.17, 15) is 4.79 Å². The number of hydrogen-bond donors (Lipinski definition) is 1. The van der Waals surface area contributed by atoms with Crippen molar-refractivity contribution in [1.82, 2.24) is 4.90 Å². The minimum atomic E-state index is -0.0297. The largest absolute Gasteiger partial charge is 0.497 e. The standard InChI is InChI=1S/C15H22N2O3.ClH/c1-15(9-16)6-7-17(10-15)14(18)12-8-11(19-2)4-5-13(12)20-3;/h4-5,8H,6-7,9-10,16H2,1-3H3;1H. The van der Waals surface area contributed by atoms with Gasteiger partial charge in [0.05, 0.1) is 19.8 Å². The number of hydrogen-bond acceptors (Lipinski definition) is 4. The maximum atomic E-state index is 12.6. The highest BCUT2D eigenvalue weighted by molar-refractivity contribution is 5.97. The molecular formula is C15H23ClN2O3. The molecular weight excluding hydrogens is 292 g/mol. The van der Waals surface area contributed by atoms with Gasteiger partial charge in [0.25, 0.3) is 5.91 Å². The van der Waals surface area contributed by atoms with Crippen LogP contribution in [0.5, 0.6) is 11.5 Å². The average Bonchev–Trinajstić information content (AvgIpc) is 2.89. The lowest BCUT2D eigenvalue weighted by atomic mass is 9.90. The third-order valence-electron chi connectivity index (χ3n) is 3.97. The van der Waals surface area contributed by atoms with E-state index in [0.29, 0.717) is 30.2 Å². The zero-order chi connectivity index (χ0) is 14.8. The number of ether oxygens (including phenoxy) is 2. The minimum absolute atomic E-state index is 0. The fourth-order valence-electron chi connectivity index (χ4n) is 2.52. The second-order valence-electron chi connectivity index (χ2n) is 5.56. The minimum Gasteiger partial charge on any atom is -0.497 e. The van der Waals surface area contributed by atoms with Crippen molar-refractivity contribution in [3.8, 4) is 11.5 Å². The zero-order valence-corrected chi connectivity index (χ0v) is 13.5. The molecule has 0 spiro atoms. The Labute approximate surface area is 131 Å². The summed E-state index contributed by atoms with van der Waals surface area (Å²) >= 11 is 0. The van der Waals surface area contributed by atoms with Gasteiger partial charge in [0.2, 0.25) is 0 Å². The topological polar surface area (TPSA) is 64.8 Å². The van der Waals surface area contributed by atoms with Crippen molar-refractivity contribution < 1.29 is 14.3 Å². The van der Waals surface area contributed by atoms with Gasteiger partial charge in [0, 0.05) is 13.1 Å². The highest BCUT2D eigenvalue weighted by Crippen LogP contribution is 2.32. The Morgan fingerprint density at radius 2 is 2.10 bits per heavy atom. The summed E-state index contributed by atoms with van der Waals surface area (Å²) in [6.45, 7) is 4.12. The van der Waals surface area contributed by atoms with Crippen LogP contribution < -0.4 is 15.2 Å². The average molecular weight is 315 g/mol. The Morgan fingerprint density at radius 3 is 2.62 bits per heavy atom. The molecule has 0 radical (unpaired) electrons. The van der Waals surface area contributed by atoms with Crippen LogP contribution in [0.15, 0.2) is 18.2 Å². The van der Waals surface area contributed by atoms with Crippen molar-refractivity contribution in [3.63, 3.8) is 0 Å². The molecule has 1 aromatic rings. The number of carbonyl (C=O) groups excluding carboxylic acids is 1. The van der Waals surface area contributed by atoms with Gasteiger partial charge >= 0.3 is 0 Å². The number of benzene rings is 1. The van der Waals surface area contributed by atoms with E-state index in [1.54, 1.807) is 32.4 Å². The molecule has 21 heavy (non-hydrogen) atoms. The second-order valence-corrected chi connectivity index (χ2v) is 5.56. The van der Waals surface area contributed by atoms with Gasteiger partial charge in [-0.1, -0.05) is 6.92 Å². The lowest BCUT2D eigenvalue weighted by Crippen LogP contribution is -2.34. The van der Waals surface area contributed by atoms with Crippen molar-refractivity contribution >= 4 is 18.3 Å². The van der Waals surface area contributed by atoms with Crippen LogP contribution in [0.25, 0.3) is 0 Å². The van der Waals surface area contributed by atoms with E-state index in [4.69, 9.17) is 15.2 Å². The van der Waals surface area contributed by atoms with Gasteiger partial charge in [0.1, 0.15) is 11.5 Å². The van der Waals surface area contributed by atoms with Crippen LogP contribution >= 0.6 is 12.4 Å². The summed E-state index contributed by atoms with van der Waals surface area (Å²) in [5.41, 5.74) is 6.34. The van der Waals surface area contributed by atoms with Crippen molar-refractivity contribution in [2.24, 2.45) is 11.1 Å². The van der Waals surface area contributed by atoms with E-state index in [1.165, 1.54) is 0 Å². The number of nitrogens with zero attached hydrogens (tertiary/aromatic N) is 1. The molecule has 2 N–H and O–H groups in total. The highest BCUT2D eigenvalue weighted by atomic mass is 35.5. The molecule has 0 aromatic heterocycles. The van der Waals surface area contributed by atoms with Gasteiger partial charge in [0.15, 0.2) is 0 Å². The van der Waals surface area contributed by atoms with Gasteiger partial charge in [-0.05, 0) is 36.6 Å². The maximum absolute atomic E-state index is 12.6. The summed E-state index contributed by atoms with van der Waals surface area (Å²) in [5.74, 6) is 1.19. The molecule has 0 saturated carbocycles. The first-order valence-electron chi connectivity index (χ1n) is 6.74. The van der Waals surface area contributed by atoms with E-state index in [1.807, 2.05) is 4.90 Å². The molecule has 1 amide bonds. The van der Waals surface area contributed by atoms with Crippen molar-refractivity contribution in [2.45, 2.75) is 13.3 Å². The summed E-state index contributed by atoms with van der Waals surface area (Å²) in [7, 11) is 3.14. The van der Waals surface area contributed by atoms with E-state index < -0.39 is 0 Å². The highest BCUT2D eigenvalue weighted by Gasteiger charge is 2.35. The number of carbonyl (C=O) groups is 1. The molecule has 1 saturated heterocycles. The number of likely N-dealkylation sites (tertiary alicyclic amines) is 1. The molecule has 6 heteroatoms. The van der Waals surface area contributed by atoms with Gasteiger partial charge in [-0.15, -0.1) is 12.4 Å². The van der Waals surface area contributed by atoms with Crippen LogP contribution in [0.4, 0.5) is 0 Å². The van der Waals surface area contributed by atoms with Gasteiger partial charge < -0.3 is 20.1 Å². The number of halogens is 1. The lowest BCUT2D eigenvalue weighted by molar-refractivity contribution is 0.0773. The first kappa shape index (κ1) is 17.6. The Morgan fingerprint density at radius 1 is 1.38 bits per heavy atom. The number of nitrogens with two attached hydrogens (primary N) is 1. The molecule has 5 nitrogen and oxygen atoms in total. The molecule has 2 rings (SSSR count). The Hall–Kier alpha value is -1.46. The predicted octanol–water partition coefficient (Wildman–Crippen LogP) is 1.94. The second kappa shape index (κ2) is 7.00. The molecule has 118 valence electrons. The number of rotatable bonds is 4. The van der Waals surface area contributed by atoms with Crippen molar-refractivity contribution in [1.29, 1.82) is 0 Å². The lowest BCUT2D eigenvalue weighted by Gasteiger charge is -2.23. The molecule has 1 aromatic carbocycles. The van der Waals surface area contributed by atoms with Crippen LogP contribution in [0.2, 0.25) is 0 Å². The summed E-state index contributed by atoms with van der Waals surface area (Å²) in [4.78, 5) is 14.5. The van der Waals surface area contributed by atoms with E-state index in [0.717, 1.165) is 13.0 Å². The first-order valence-corrected chi connectivity index (χ1v) is 6.74. The number of methoxy groups -OCH3 is 2. The Bertz CT molecular complexity index is 510. The van der Waals surface area contributed by atoms with Crippen LogP contribution in [0.3, 0.4) is 0 Å². The van der Waals surface area contributed by atoms with Crippen LogP contribution in [0, 0.1) is 5.41 Å². The molecule has 1 atom stereocenters. The van der Waals surface area contributed by atoms with Crippen LogP contribution in [-0.2, 0) is 0 Å². The van der Waals surface area contributed by atoms with Crippen LogP contribution in [0.1, 0.15) is 23.7 Å². The smallest absolute Gasteiger partial charge is 0.257 e. The number of amides is 1. The third-order valence-corrected chi connectivity index (χ3v) is 3.97. The fourth-order valence-corrected chi connectivity index (χ4v) is 2.52. The normalized spacial score (nSPS) is 20.9. The Balaban J connectivity index is 0.00000220. The van der Waals surface area contributed by atoms with Crippen molar-refractivity contribution in [2.75, 3.05) is 33.9 Å². The fraction of sp³-hybridized carbons (Fsp3) is 0.533. The quantitative estimate of drug-likeness (QED) is 0.922. The summed E-state index contributed by atoms with van der Waals surface area (Å²) in [6.07, 6.45) is 0.932. The SMILES string of the molecule is COc1ccc(OC)c(C(=O)N2CCC(C)(CN)C2)c1.Cl. The van der Waals surface area contributed by atoms with E-state index >= 15 is 0 Å². The predicted molar refractivity (Wildman–Crippen MR) is 84.5 cm³/mol. The molecule has 1 aliphatic rings.